The van der Waals surface area contributed by atoms with Gasteiger partial charge in [0.15, 0.2) is 0 Å². The maximum atomic E-state index is 13.1. The summed E-state index contributed by atoms with van der Waals surface area (Å²) in [5, 5.41) is 0. The Balaban J connectivity index is 1.72. The Morgan fingerprint density at radius 1 is 1.10 bits per heavy atom. The van der Waals surface area contributed by atoms with Crippen molar-refractivity contribution >= 4 is 27.3 Å². The van der Waals surface area contributed by atoms with Crippen LogP contribution in [0.1, 0.15) is 46.8 Å². The van der Waals surface area contributed by atoms with E-state index in [0.717, 1.165) is 36.3 Å². The molecule has 1 aliphatic rings. The topological polar surface area (TPSA) is 57.7 Å². The van der Waals surface area contributed by atoms with Crippen LogP contribution in [0.2, 0.25) is 0 Å². The zero-order chi connectivity index (χ0) is 21.0. The zero-order valence-electron chi connectivity index (χ0n) is 16.9. The number of aryl methyl sites for hydroxylation is 2. The molecule has 2 aromatic rings. The molecule has 1 aromatic heterocycles. The largest absolute Gasteiger partial charge is 0.337 e. The lowest BCUT2D eigenvalue weighted by Gasteiger charge is -2.21. The van der Waals surface area contributed by atoms with Crippen LogP contribution in [0.3, 0.4) is 0 Å². The average Bonchev–Trinajstić information content (AvgIpc) is 2.94. The van der Waals surface area contributed by atoms with Crippen LogP contribution in [0.25, 0.3) is 0 Å². The summed E-state index contributed by atoms with van der Waals surface area (Å²) >= 11 is 1.56. The standard InChI is InChI=1S/C21H27FN2O3S2/c1-3-6-19-16(4-2)15-20(28-19)21(25)23-11-5-12-24(14-13-23)29(26,27)18-9-7-17(22)8-10-18/h7-10,15H,3-6,11-14H2,1-2H3. The summed E-state index contributed by atoms with van der Waals surface area (Å²) in [4.78, 5) is 16.9. The SMILES string of the molecule is CCCc1sc(C(=O)N2CCCN(S(=O)(=O)c3ccc(F)cc3)CC2)cc1CC. The van der Waals surface area contributed by atoms with Gasteiger partial charge in [-0.15, -0.1) is 11.3 Å². The van der Waals surface area contributed by atoms with Gasteiger partial charge in [0, 0.05) is 31.1 Å². The summed E-state index contributed by atoms with van der Waals surface area (Å²) < 4.78 is 40.2. The van der Waals surface area contributed by atoms with Crippen LogP contribution in [0.4, 0.5) is 4.39 Å². The van der Waals surface area contributed by atoms with Gasteiger partial charge < -0.3 is 4.90 Å². The number of hydrogen-bond acceptors (Lipinski definition) is 4. The summed E-state index contributed by atoms with van der Waals surface area (Å²) in [5.74, 6) is -0.491. The second-order valence-corrected chi connectivity index (χ2v) is 10.2. The maximum Gasteiger partial charge on any atom is 0.263 e. The molecule has 0 spiro atoms. The third kappa shape index (κ3) is 4.87. The van der Waals surface area contributed by atoms with Gasteiger partial charge in [0.05, 0.1) is 9.77 Å². The lowest BCUT2D eigenvalue weighted by atomic mass is 10.1. The Kier molecular flexibility index (Phi) is 7.08. The van der Waals surface area contributed by atoms with Crippen molar-refractivity contribution in [1.82, 2.24) is 9.21 Å². The van der Waals surface area contributed by atoms with E-state index in [9.17, 15) is 17.6 Å². The molecule has 8 heteroatoms. The second-order valence-electron chi connectivity index (χ2n) is 7.17. The van der Waals surface area contributed by atoms with Gasteiger partial charge in [-0.1, -0.05) is 20.3 Å². The van der Waals surface area contributed by atoms with Crippen molar-refractivity contribution < 1.29 is 17.6 Å². The number of amides is 1. The first-order valence-corrected chi connectivity index (χ1v) is 12.3. The summed E-state index contributed by atoms with van der Waals surface area (Å²) in [5.41, 5.74) is 1.23. The molecule has 2 heterocycles. The third-order valence-corrected chi connectivity index (χ3v) is 8.30. The molecule has 3 rings (SSSR count). The Hall–Kier alpha value is -1.77. The molecule has 0 saturated carbocycles. The van der Waals surface area contributed by atoms with Gasteiger partial charge in [-0.2, -0.15) is 4.31 Å². The minimum absolute atomic E-state index is 0.0203. The predicted octanol–water partition coefficient (Wildman–Crippen LogP) is 3.94. The van der Waals surface area contributed by atoms with Crippen LogP contribution >= 0.6 is 11.3 Å². The van der Waals surface area contributed by atoms with Crippen molar-refractivity contribution in [3.63, 3.8) is 0 Å². The molecule has 1 amide bonds. The second kappa shape index (κ2) is 9.36. The average molecular weight is 439 g/mol. The minimum Gasteiger partial charge on any atom is -0.337 e. The summed E-state index contributed by atoms with van der Waals surface area (Å²) in [6.45, 7) is 5.68. The van der Waals surface area contributed by atoms with Crippen molar-refractivity contribution in [3.05, 3.63) is 51.5 Å². The number of thiophene rings is 1. The van der Waals surface area contributed by atoms with Gasteiger partial charge >= 0.3 is 0 Å². The van der Waals surface area contributed by atoms with Crippen LogP contribution < -0.4 is 0 Å². The van der Waals surface area contributed by atoms with E-state index < -0.39 is 15.8 Å². The third-order valence-electron chi connectivity index (χ3n) is 5.16. The monoisotopic (exact) mass is 438 g/mol. The smallest absolute Gasteiger partial charge is 0.263 e. The molecular weight excluding hydrogens is 411 g/mol. The van der Waals surface area contributed by atoms with Gasteiger partial charge in [-0.3, -0.25) is 4.79 Å². The first-order valence-electron chi connectivity index (χ1n) is 10.0. The van der Waals surface area contributed by atoms with E-state index in [4.69, 9.17) is 0 Å². The van der Waals surface area contributed by atoms with Crippen LogP contribution in [0, 0.1) is 5.82 Å². The Morgan fingerprint density at radius 3 is 2.48 bits per heavy atom. The fraction of sp³-hybridized carbons (Fsp3) is 0.476. The number of hydrogen-bond donors (Lipinski definition) is 0. The maximum absolute atomic E-state index is 13.1. The molecule has 0 bridgehead atoms. The predicted molar refractivity (Wildman–Crippen MR) is 113 cm³/mol. The van der Waals surface area contributed by atoms with Crippen LogP contribution in [0.15, 0.2) is 35.2 Å². The number of nitrogens with zero attached hydrogens (tertiary/aromatic N) is 2. The summed E-state index contributed by atoms with van der Waals surface area (Å²) in [6, 6.07) is 6.86. The molecule has 1 fully saturated rings. The number of carbonyl (C=O) groups excluding carboxylic acids is 1. The number of carbonyl (C=O) groups is 1. The lowest BCUT2D eigenvalue weighted by molar-refractivity contribution is 0.0769. The van der Waals surface area contributed by atoms with E-state index in [2.05, 4.69) is 13.8 Å². The molecule has 0 N–H and O–H groups in total. The van der Waals surface area contributed by atoms with Gasteiger partial charge in [0.25, 0.3) is 5.91 Å². The molecule has 0 radical (unpaired) electrons. The molecule has 1 aliphatic heterocycles. The summed E-state index contributed by atoms with van der Waals surface area (Å²) in [6.07, 6.45) is 3.49. The van der Waals surface area contributed by atoms with Gasteiger partial charge in [-0.25, -0.2) is 12.8 Å². The lowest BCUT2D eigenvalue weighted by Crippen LogP contribution is -2.37. The molecule has 29 heavy (non-hydrogen) atoms. The minimum atomic E-state index is -3.70. The molecule has 1 aromatic carbocycles. The van der Waals surface area contributed by atoms with Crippen LogP contribution in [0.5, 0.6) is 0 Å². The molecular formula is C21H27FN2O3S2. The fourth-order valence-corrected chi connectivity index (χ4v) is 6.35. The van der Waals surface area contributed by atoms with E-state index >= 15 is 0 Å². The van der Waals surface area contributed by atoms with Crippen LogP contribution in [-0.2, 0) is 22.9 Å². The zero-order valence-corrected chi connectivity index (χ0v) is 18.5. The number of rotatable bonds is 6. The Morgan fingerprint density at radius 2 is 1.83 bits per heavy atom. The number of halogens is 1. The molecule has 158 valence electrons. The normalized spacial score (nSPS) is 16.0. The van der Waals surface area contributed by atoms with Crippen molar-refractivity contribution in [2.75, 3.05) is 26.2 Å². The highest BCUT2D eigenvalue weighted by Crippen LogP contribution is 2.26. The van der Waals surface area contributed by atoms with Gasteiger partial charge in [0.1, 0.15) is 5.82 Å². The first-order chi connectivity index (χ1) is 13.9. The highest BCUT2D eigenvalue weighted by molar-refractivity contribution is 7.89. The van der Waals surface area contributed by atoms with E-state index in [-0.39, 0.29) is 17.3 Å². The fourth-order valence-electron chi connectivity index (χ4n) is 3.56. The van der Waals surface area contributed by atoms with E-state index in [0.29, 0.717) is 26.1 Å². The van der Waals surface area contributed by atoms with Crippen molar-refractivity contribution in [2.24, 2.45) is 0 Å². The van der Waals surface area contributed by atoms with Crippen LogP contribution in [-0.4, -0.2) is 49.7 Å². The van der Waals surface area contributed by atoms with E-state index in [1.54, 1.807) is 16.2 Å². The van der Waals surface area contributed by atoms with Crippen molar-refractivity contribution in [1.29, 1.82) is 0 Å². The number of benzene rings is 1. The highest BCUT2D eigenvalue weighted by Gasteiger charge is 2.29. The summed E-state index contributed by atoms with van der Waals surface area (Å²) in [7, 11) is -3.70. The molecule has 0 aliphatic carbocycles. The number of sulfonamides is 1. The van der Waals surface area contributed by atoms with Crippen molar-refractivity contribution in [3.8, 4) is 0 Å². The van der Waals surface area contributed by atoms with Crippen molar-refractivity contribution in [2.45, 2.75) is 44.4 Å². The van der Waals surface area contributed by atoms with Gasteiger partial charge in [-0.05, 0) is 55.2 Å². The van der Waals surface area contributed by atoms with E-state index in [1.807, 2.05) is 6.07 Å². The van der Waals surface area contributed by atoms with Gasteiger partial charge in [0.2, 0.25) is 10.0 Å². The first kappa shape index (κ1) is 21.9. The Labute approximate surface area is 176 Å². The Bertz CT molecular complexity index is 955. The molecule has 0 atom stereocenters. The molecule has 5 nitrogen and oxygen atoms in total. The molecule has 0 unspecified atom stereocenters. The quantitative estimate of drug-likeness (QED) is 0.686. The molecule has 1 saturated heterocycles. The van der Waals surface area contributed by atoms with E-state index in [1.165, 1.54) is 26.9 Å². The highest BCUT2D eigenvalue weighted by atomic mass is 32.2.